The molecule has 0 unspecified atom stereocenters. The SMILES string of the molecule is c1ccc2c(c1)ccn2-c1ccc(-c2nc3ccccc3o2)cc1. The fourth-order valence-corrected chi connectivity index (χ4v) is 3.07. The first kappa shape index (κ1) is 13.1. The van der Waals surface area contributed by atoms with E-state index in [1.165, 1.54) is 10.9 Å². The summed E-state index contributed by atoms with van der Waals surface area (Å²) in [5, 5.41) is 1.24. The van der Waals surface area contributed by atoms with Crippen LogP contribution in [0.1, 0.15) is 0 Å². The number of hydrogen-bond donors (Lipinski definition) is 0. The maximum Gasteiger partial charge on any atom is 0.227 e. The van der Waals surface area contributed by atoms with Gasteiger partial charge < -0.3 is 8.98 Å². The fourth-order valence-electron chi connectivity index (χ4n) is 3.07. The van der Waals surface area contributed by atoms with Crippen LogP contribution in [-0.4, -0.2) is 9.55 Å². The van der Waals surface area contributed by atoms with Crippen molar-refractivity contribution in [3.63, 3.8) is 0 Å². The molecule has 5 aromatic rings. The maximum absolute atomic E-state index is 5.84. The summed E-state index contributed by atoms with van der Waals surface area (Å²) in [6.45, 7) is 0. The Kier molecular flexibility index (Phi) is 2.79. The summed E-state index contributed by atoms with van der Waals surface area (Å²) in [6, 6.07) is 26.6. The molecule has 0 atom stereocenters. The minimum Gasteiger partial charge on any atom is -0.436 e. The molecule has 0 amide bonds. The van der Waals surface area contributed by atoms with Gasteiger partial charge in [0.25, 0.3) is 0 Å². The Morgan fingerprint density at radius 2 is 1.54 bits per heavy atom. The summed E-state index contributed by atoms with van der Waals surface area (Å²) < 4.78 is 8.02. The van der Waals surface area contributed by atoms with Crippen molar-refractivity contribution in [2.45, 2.75) is 0 Å². The zero-order chi connectivity index (χ0) is 15.9. The predicted molar refractivity (Wildman–Crippen MR) is 96.3 cm³/mol. The fraction of sp³-hybridized carbons (Fsp3) is 0. The molecule has 0 saturated heterocycles. The van der Waals surface area contributed by atoms with Crippen molar-refractivity contribution in [2.75, 3.05) is 0 Å². The van der Waals surface area contributed by atoms with Gasteiger partial charge >= 0.3 is 0 Å². The number of benzene rings is 3. The van der Waals surface area contributed by atoms with Crippen molar-refractivity contribution in [1.82, 2.24) is 9.55 Å². The van der Waals surface area contributed by atoms with E-state index in [1.807, 2.05) is 24.3 Å². The van der Waals surface area contributed by atoms with Crippen LogP contribution < -0.4 is 0 Å². The van der Waals surface area contributed by atoms with Crippen LogP contribution in [0.3, 0.4) is 0 Å². The monoisotopic (exact) mass is 310 g/mol. The van der Waals surface area contributed by atoms with Crippen LogP contribution in [0.15, 0.2) is 89.5 Å². The van der Waals surface area contributed by atoms with Gasteiger partial charge in [-0.2, -0.15) is 0 Å². The third-order valence-electron chi connectivity index (χ3n) is 4.29. The molecule has 3 heteroatoms. The molecule has 0 aliphatic heterocycles. The highest BCUT2D eigenvalue weighted by Gasteiger charge is 2.08. The summed E-state index contributed by atoms with van der Waals surface area (Å²) in [7, 11) is 0. The summed E-state index contributed by atoms with van der Waals surface area (Å²) in [4.78, 5) is 4.55. The molecule has 114 valence electrons. The summed E-state index contributed by atoms with van der Waals surface area (Å²) in [6.07, 6.45) is 2.10. The van der Waals surface area contributed by atoms with Gasteiger partial charge in [-0.05, 0) is 53.9 Å². The standard InChI is InChI=1S/C21H14N2O/c1-3-7-19-15(5-1)13-14-23(19)17-11-9-16(10-12-17)21-22-18-6-2-4-8-20(18)24-21/h1-14H. The minimum absolute atomic E-state index is 0.653. The molecule has 0 spiro atoms. The second-order valence-electron chi connectivity index (χ2n) is 5.78. The van der Waals surface area contributed by atoms with Crippen molar-refractivity contribution >= 4 is 22.0 Å². The van der Waals surface area contributed by atoms with E-state index in [9.17, 15) is 0 Å². The quantitative estimate of drug-likeness (QED) is 0.435. The van der Waals surface area contributed by atoms with Crippen molar-refractivity contribution < 1.29 is 4.42 Å². The second kappa shape index (κ2) is 5.10. The Morgan fingerprint density at radius 3 is 2.42 bits per heavy atom. The van der Waals surface area contributed by atoms with Crippen molar-refractivity contribution in [3.05, 3.63) is 85.1 Å². The number of rotatable bonds is 2. The Balaban J connectivity index is 1.57. The number of nitrogens with zero attached hydrogens (tertiary/aromatic N) is 2. The molecule has 0 bridgehead atoms. The molecular weight excluding hydrogens is 296 g/mol. The highest BCUT2D eigenvalue weighted by molar-refractivity contribution is 5.82. The molecule has 0 saturated carbocycles. The lowest BCUT2D eigenvalue weighted by Crippen LogP contribution is -1.91. The van der Waals surface area contributed by atoms with Gasteiger partial charge in [-0.15, -0.1) is 0 Å². The van der Waals surface area contributed by atoms with E-state index in [4.69, 9.17) is 4.42 Å². The number of aromatic nitrogens is 2. The predicted octanol–water partition coefficient (Wildman–Crippen LogP) is 5.44. The van der Waals surface area contributed by atoms with E-state index in [1.54, 1.807) is 0 Å². The maximum atomic E-state index is 5.84. The Morgan fingerprint density at radius 1 is 0.750 bits per heavy atom. The van der Waals surface area contributed by atoms with E-state index in [0.29, 0.717) is 5.89 Å². The second-order valence-corrected chi connectivity index (χ2v) is 5.78. The average molecular weight is 310 g/mol. The molecule has 2 heterocycles. The van der Waals surface area contributed by atoms with Gasteiger partial charge in [-0.1, -0.05) is 30.3 Å². The van der Waals surface area contributed by atoms with E-state index in [2.05, 4.69) is 70.3 Å². The molecule has 3 nitrogen and oxygen atoms in total. The average Bonchev–Trinajstić information content (AvgIpc) is 3.26. The molecule has 2 aromatic heterocycles. The first-order valence-electron chi connectivity index (χ1n) is 7.91. The zero-order valence-electron chi connectivity index (χ0n) is 12.9. The third-order valence-corrected chi connectivity index (χ3v) is 4.29. The van der Waals surface area contributed by atoms with E-state index >= 15 is 0 Å². The highest BCUT2D eigenvalue weighted by Crippen LogP contribution is 2.26. The molecule has 24 heavy (non-hydrogen) atoms. The molecule has 0 aliphatic rings. The van der Waals surface area contributed by atoms with Gasteiger partial charge in [0.2, 0.25) is 5.89 Å². The molecule has 3 aromatic carbocycles. The lowest BCUT2D eigenvalue weighted by atomic mass is 10.2. The molecule has 0 radical (unpaired) electrons. The smallest absolute Gasteiger partial charge is 0.227 e. The van der Waals surface area contributed by atoms with E-state index < -0.39 is 0 Å². The lowest BCUT2D eigenvalue weighted by Gasteiger charge is -2.06. The van der Waals surface area contributed by atoms with Crippen molar-refractivity contribution in [3.8, 4) is 17.1 Å². The molecule has 5 rings (SSSR count). The van der Waals surface area contributed by atoms with Crippen LogP contribution in [0.25, 0.3) is 39.1 Å². The number of hydrogen-bond acceptors (Lipinski definition) is 2. The summed E-state index contributed by atoms with van der Waals surface area (Å²) >= 11 is 0. The van der Waals surface area contributed by atoms with Crippen molar-refractivity contribution in [2.24, 2.45) is 0 Å². The van der Waals surface area contributed by atoms with Crippen LogP contribution >= 0.6 is 0 Å². The topological polar surface area (TPSA) is 31.0 Å². The van der Waals surface area contributed by atoms with Crippen LogP contribution in [0.2, 0.25) is 0 Å². The number of para-hydroxylation sites is 3. The molecule has 0 N–H and O–H groups in total. The molecule has 0 fully saturated rings. The lowest BCUT2D eigenvalue weighted by molar-refractivity contribution is 0.620. The van der Waals surface area contributed by atoms with Crippen molar-refractivity contribution in [1.29, 1.82) is 0 Å². The zero-order valence-corrected chi connectivity index (χ0v) is 12.9. The van der Waals surface area contributed by atoms with Gasteiger partial charge in [0.05, 0.1) is 5.52 Å². The first-order valence-corrected chi connectivity index (χ1v) is 7.91. The van der Waals surface area contributed by atoms with Gasteiger partial charge in [0.15, 0.2) is 5.58 Å². The van der Waals surface area contributed by atoms with Crippen LogP contribution in [0.5, 0.6) is 0 Å². The van der Waals surface area contributed by atoms with E-state index in [-0.39, 0.29) is 0 Å². The van der Waals surface area contributed by atoms with Gasteiger partial charge in [0, 0.05) is 17.4 Å². The largest absolute Gasteiger partial charge is 0.436 e. The van der Waals surface area contributed by atoms with Gasteiger partial charge in [-0.25, -0.2) is 4.98 Å². The molecule has 0 aliphatic carbocycles. The van der Waals surface area contributed by atoms with Gasteiger partial charge in [-0.3, -0.25) is 0 Å². The van der Waals surface area contributed by atoms with Crippen LogP contribution in [0.4, 0.5) is 0 Å². The summed E-state index contributed by atoms with van der Waals surface area (Å²) in [5.74, 6) is 0.653. The van der Waals surface area contributed by atoms with Gasteiger partial charge in [0.1, 0.15) is 5.52 Å². The Bertz CT molecular complexity index is 1120. The highest BCUT2D eigenvalue weighted by atomic mass is 16.3. The molecular formula is C21H14N2O. The Hall–Kier alpha value is -3.33. The van der Waals surface area contributed by atoms with E-state index in [0.717, 1.165) is 22.4 Å². The normalized spacial score (nSPS) is 11.3. The Labute approximate surface area is 138 Å². The van der Waals surface area contributed by atoms with Crippen LogP contribution in [-0.2, 0) is 0 Å². The third kappa shape index (κ3) is 2.02. The minimum atomic E-state index is 0.653. The summed E-state index contributed by atoms with van der Waals surface area (Å²) in [5.41, 5.74) is 5.00. The number of fused-ring (bicyclic) bond motifs is 2. The first-order chi connectivity index (χ1) is 11.9. The van der Waals surface area contributed by atoms with Crippen LogP contribution in [0, 0.1) is 0 Å². The number of oxazole rings is 1.